The zero-order chi connectivity index (χ0) is 9.68. The van der Waals surface area contributed by atoms with E-state index in [9.17, 15) is 4.79 Å². The third kappa shape index (κ3) is 3.91. The lowest BCUT2D eigenvalue weighted by atomic mass is 10.2. The first-order valence-electron chi connectivity index (χ1n) is 4.10. The molecule has 1 N–H and O–H groups in total. The van der Waals surface area contributed by atoms with Crippen LogP contribution in [-0.4, -0.2) is 17.3 Å². The molecule has 1 amide bonds. The highest BCUT2D eigenvalue weighted by atomic mass is 79.9. The van der Waals surface area contributed by atoms with Gasteiger partial charge in [-0.2, -0.15) is 0 Å². The number of carbonyl (C=O) groups is 1. The normalized spacial score (nSPS) is 12.5. The van der Waals surface area contributed by atoms with Gasteiger partial charge in [-0.15, -0.1) is 11.3 Å². The van der Waals surface area contributed by atoms with E-state index >= 15 is 0 Å². The minimum absolute atomic E-state index is 0.0454. The third-order valence-corrected chi connectivity index (χ3v) is 3.02. The molecule has 0 fully saturated rings. The van der Waals surface area contributed by atoms with E-state index in [0.29, 0.717) is 5.33 Å². The van der Waals surface area contributed by atoms with Gasteiger partial charge < -0.3 is 5.32 Å². The van der Waals surface area contributed by atoms with Crippen LogP contribution in [0.5, 0.6) is 0 Å². The number of halogens is 1. The molecular weight excluding hydrogens is 250 g/mol. The number of nitrogens with one attached hydrogen (secondary N) is 1. The predicted octanol–water partition coefficient (Wildman–Crippen LogP) is 2.19. The smallest absolute Gasteiger partial charge is 0.230 e. The average Bonchev–Trinajstić information content (AvgIpc) is 2.56. The van der Waals surface area contributed by atoms with Crippen molar-refractivity contribution in [2.24, 2.45) is 0 Å². The van der Waals surface area contributed by atoms with Crippen molar-refractivity contribution in [1.82, 2.24) is 5.32 Å². The van der Waals surface area contributed by atoms with Gasteiger partial charge in [0.1, 0.15) is 0 Å². The zero-order valence-corrected chi connectivity index (χ0v) is 9.82. The van der Waals surface area contributed by atoms with E-state index < -0.39 is 0 Å². The summed E-state index contributed by atoms with van der Waals surface area (Å²) >= 11 is 4.83. The second-order valence-electron chi connectivity index (χ2n) is 2.89. The lowest BCUT2D eigenvalue weighted by Crippen LogP contribution is -2.34. The Morgan fingerprint density at radius 2 is 2.54 bits per heavy atom. The van der Waals surface area contributed by atoms with Crippen molar-refractivity contribution in [3.63, 3.8) is 0 Å². The van der Waals surface area contributed by atoms with E-state index in [4.69, 9.17) is 0 Å². The molecule has 2 nitrogen and oxygen atoms in total. The quantitative estimate of drug-likeness (QED) is 0.828. The minimum Gasteiger partial charge on any atom is -0.353 e. The number of amides is 1. The molecule has 0 saturated carbocycles. The molecule has 0 spiro atoms. The first-order chi connectivity index (χ1) is 6.22. The lowest BCUT2D eigenvalue weighted by Gasteiger charge is -2.11. The average molecular weight is 262 g/mol. The third-order valence-electron chi connectivity index (χ3n) is 1.62. The Morgan fingerprint density at radius 1 is 1.77 bits per heavy atom. The number of thiophene rings is 1. The van der Waals surface area contributed by atoms with E-state index in [0.717, 1.165) is 6.42 Å². The summed E-state index contributed by atoms with van der Waals surface area (Å²) in [6.45, 7) is 2.01. The van der Waals surface area contributed by atoms with Crippen LogP contribution in [-0.2, 0) is 11.2 Å². The molecule has 1 heterocycles. The van der Waals surface area contributed by atoms with Crippen LogP contribution >= 0.6 is 27.3 Å². The highest BCUT2D eigenvalue weighted by Gasteiger charge is 2.06. The highest BCUT2D eigenvalue weighted by molar-refractivity contribution is 9.09. The Kier molecular flexibility index (Phi) is 4.45. The maximum absolute atomic E-state index is 11.0. The number of alkyl halides is 1. The van der Waals surface area contributed by atoms with E-state index in [2.05, 4.69) is 27.3 Å². The van der Waals surface area contributed by atoms with Crippen molar-refractivity contribution in [1.29, 1.82) is 0 Å². The second kappa shape index (κ2) is 5.40. The molecule has 0 aliphatic carbocycles. The topological polar surface area (TPSA) is 29.1 Å². The van der Waals surface area contributed by atoms with Crippen molar-refractivity contribution in [2.75, 3.05) is 5.33 Å². The van der Waals surface area contributed by atoms with Crippen LogP contribution in [0.2, 0.25) is 0 Å². The minimum atomic E-state index is 0.0454. The molecule has 1 unspecified atom stereocenters. The molecule has 0 radical (unpaired) electrons. The van der Waals surface area contributed by atoms with Crippen molar-refractivity contribution in [3.05, 3.63) is 22.4 Å². The van der Waals surface area contributed by atoms with Crippen LogP contribution in [0.4, 0.5) is 0 Å². The van der Waals surface area contributed by atoms with Gasteiger partial charge in [0.05, 0.1) is 5.33 Å². The predicted molar refractivity (Wildman–Crippen MR) is 59.4 cm³/mol. The molecular formula is C9H12BrNOS. The summed E-state index contributed by atoms with van der Waals surface area (Å²) < 4.78 is 0. The number of hydrogen-bond acceptors (Lipinski definition) is 2. The molecule has 0 aromatic carbocycles. The summed E-state index contributed by atoms with van der Waals surface area (Å²) in [7, 11) is 0. The molecule has 4 heteroatoms. The van der Waals surface area contributed by atoms with Crippen LogP contribution in [0.25, 0.3) is 0 Å². The van der Waals surface area contributed by atoms with Crippen LogP contribution < -0.4 is 5.32 Å². The van der Waals surface area contributed by atoms with Crippen molar-refractivity contribution < 1.29 is 4.79 Å². The van der Waals surface area contributed by atoms with Gasteiger partial charge in [-0.3, -0.25) is 4.79 Å². The lowest BCUT2D eigenvalue weighted by molar-refractivity contribution is -0.119. The first-order valence-corrected chi connectivity index (χ1v) is 6.10. The van der Waals surface area contributed by atoms with Crippen LogP contribution in [0, 0.1) is 0 Å². The zero-order valence-electron chi connectivity index (χ0n) is 7.42. The van der Waals surface area contributed by atoms with Crippen LogP contribution in [0.3, 0.4) is 0 Å². The van der Waals surface area contributed by atoms with Crippen LogP contribution in [0.15, 0.2) is 17.5 Å². The Bertz CT molecular complexity index is 261. The standard InChI is InChI=1S/C9H12BrNOS/c1-7(11-9(12)6-10)5-8-3-2-4-13-8/h2-4,7H,5-6H2,1H3,(H,11,12). The second-order valence-corrected chi connectivity index (χ2v) is 4.48. The van der Waals surface area contributed by atoms with E-state index in [1.54, 1.807) is 11.3 Å². The van der Waals surface area contributed by atoms with E-state index in [1.807, 2.05) is 18.4 Å². The molecule has 1 aromatic rings. The maximum Gasteiger partial charge on any atom is 0.230 e. The summed E-state index contributed by atoms with van der Waals surface area (Å²) in [5.41, 5.74) is 0. The van der Waals surface area contributed by atoms with Gasteiger partial charge in [-0.25, -0.2) is 0 Å². The van der Waals surface area contributed by atoms with Gasteiger partial charge >= 0.3 is 0 Å². The van der Waals surface area contributed by atoms with E-state index in [-0.39, 0.29) is 11.9 Å². The monoisotopic (exact) mass is 261 g/mol. The van der Waals surface area contributed by atoms with Gasteiger partial charge in [-0.05, 0) is 18.4 Å². The Balaban J connectivity index is 2.33. The molecule has 0 saturated heterocycles. The van der Waals surface area contributed by atoms with Gasteiger partial charge in [0.25, 0.3) is 0 Å². The number of hydrogen-bond donors (Lipinski definition) is 1. The Labute approximate surface area is 90.5 Å². The fourth-order valence-electron chi connectivity index (χ4n) is 1.09. The van der Waals surface area contributed by atoms with Crippen molar-refractivity contribution in [2.45, 2.75) is 19.4 Å². The molecule has 1 aromatic heterocycles. The molecule has 1 rings (SSSR count). The molecule has 72 valence electrons. The fourth-order valence-corrected chi connectivity index (χ4v) is 2.09. The molecule has 0 aliphatic rings. The van der Waals surface area contributed by atoms with Crippen LogP contribution in [0.1, 0.15) is 11.8 Å². The summed E-state index contributed by atoms with van der Waals surface area (Å²) in [5.74, 6) is 0.0454. The largest absolute Gasteiger partial charge is 0.353 e. The summed E-state index contributed by atoms with van der Waals surface area (Å²) in [6, 6.07) is 4.32. The Morgan fingerprint density at radius 3 is 3.08 bits per heavy atom. The fraction of sp³-hybridized carbons (Fsp3) is 0.444. The maximum atomic E-state index is 11.0. The summed E-state index contributed by atoms with van der Waals surface area (Å²) in [4.78, 5) is 12.3. The van der Waals surface area contributed by atoms with Gasteiger partial charge in [-0.1, -0.05) is 22.0 Å². The highest BCUT2D eigenvalue weighted by Crippen LogP contribution is 2.10. The number of rotatable bonds is 4. The Hall–Kier alpha value is -0.350. The summed E-state index contributed by atoms with van der Waals surface area (Å²) in [6.07, 6.45) is 0.913. The first kappa shape index (κ1) is 10.7. The molecule has 0 aliphatic heterocycles. The van der Waals surface area contributed by atoms with Crippen molar-refractivity contribution >= 4 is 33.2 Å². The van der Waals surface area contributed by atoms with Crippen molar-refractivity contribution in [3.8, 4) is 0 Å². The molecule has 1 atom stereocenters. The molecule has 0 bridgehead atoms. The number of carbonyl (C=O) groups excluding carboxylic acids is 1. The summed E-state index contributed by atoms with van der Waals surface area (Å²) in [5, 5.41) is 5.32. The molecule has 13 heavy (non-hydrogen) atoms. The van der Waals surface area contributed by atoms with E-state index in [1.165, 1.54) is 4.88 Å². The van der Waals surface area contributed by atoms with Gasteiger partial charge in [0.2, 0.25) is 5.91 Å². The van der Waals surface area contributed by atoms with Gasteiger partial charge in [0, 0.05) is 17.3 Å². The van der Waals surface area contributed by atoms with Gasteiger partial charge in [0.15, 0.2) is 0 Å². The SMILES string of the molecule is CC(Cc1cccs1)NC(=O)CBr.